The van der Waals surface area contributed by atoms with Crippen LogP contribution in [0.15, 0.2) is 0 Å². The molecule has 11 heavy (non-hydrogen) atoms. The minimum absolute atomic E-state index is 0.149. The third kappa shape index (κ3) is 4.30. The number of carboxylic acids is 1. The van der Waals surface area contributed by atoms with Crippen LogP contribution in [0.1, 0.15) is 27.2 Å². The van der Waals surface area contributed by atoms with Gasteiger partial charge in [0.25, 0.3) is 0 Å². The summed E-state index contributed by atoms with van der Waals surface area (Å²) in [5.41, 5.74) is 0. The molecule has 66 valence electrons. The van der Waals surface area contributed by atoms with Crippen LogP contribution in [0.25, 0.3) is 0 Å². The van der Waals surface area contributed by atoms with Crippen LogP contribution in [0.3, 0.4) is 0 Å². The molecule has 0 aliphatic rings. The van der Waals surface area contributed by atoms with Crippen molar-refractivity contribution in [2.75, 3.05) is 0 Å². The van der Waals surface area contributed by atoms with E-state index in [1.54, 1.807) is 0 Å². The van der Waals surface area contributed by atoms with Crippen LogP contribution < -0.4 is 0 Å². The van der Waals surface area contributed by atoms with Crippen molar-refractivity contribution in [3.8, 4) is 0 Å². The Hall–Kier alpha value is -0.180. The van der Waals surface area contributed by atoms with Crippen LogP contribution in [0.2, 0.25) is 0 Å². The minimum atomic E-state index is -0.818. The fourth-order valence-electron chi connectivity index (χ4n) is 1.12. The molecule has 0 amide bonds. The summed E-state index contributed by atoms with van der Waals surface area (Å²) < 4.78 is 0. The number of aliphatic carboxylic acids is 1. The van der Waals surface area contributed by atoms with Gasteiger partial charge in [-0.05, 0) is 18.3 Å². The molecule has 2 atom stereocenters. The summed E-state index contributed by atoms with van der Waals surface area (Å²) in [5.74, 6) is -0.128. The summed E-state index contributed by atoms with van der Waals surface area (Å²) in [4.78, 5) is 10.4. The van der Waals surface area contributed by atoms with Gasteiger partial charge in [-0.15, -0.1) is 0 Å². The summed E-state index contributed by atoms with van der Waals surface area (Å²) in [6.07, 6.45) is 0.917. The number of carbonyl (C=O) groups is 1. The number of hydrogen-bond donors (Lipinski definition) is 2. The Balaban J connectivity index is 3.82. The molecule has 0 aliphatic carbocycles. The smallest absolute Gasteiger partial charge is 0.316 e. The lowest BCUT2D eigenvalue weighted by molar-refractivity contribution is -0.137. The number of rotatable bonds is 4. The van der Waals surface area contributed by atoms with Crippen molar-refractivity contribution >= 4 is 18.6 Å². The van der Waals surface area contributed by atoms with Crippen LogP contribution in [-0.4, -0.2) is 16.3 Å². The molecule has 0 radical (unpaired) electrons. The van der Waals surface area contributed by atoms with Crippen molar-refractivity contribution in [2.24, 2.45) is 11.8 Å². The van der Waals surface area contributed by atoms with Gasteiger partial charge in [0.2, 0.25) is 0 Å². The van der Waals surface area contributed by atoms with Crippen LogP contribution in [-0.2, 0) is 4.79 Å². The van der Waals surface area contributed by atoms with E-state index in [1.807, 2.05) is 6.92 Å². The molecule has 0 bridgehead atoms. The average molecular weight is 176 g/mol. The maximum absolute atomic E-state index is 10.4. The standard InChI is InChI=1S/C8H16O2S/c1-5(2)4-6(3)7(11)8(9)10/h5-7,11H,4H2,1-3H3,(H,9,10). The zero-order valence-corrected chi connectivity index (χ0v) is 8.14. The highest BCUT2D eigenvalue weighted by Gasteiger charge is 2.20. The van der Waals surface area contributed by atoms with E-state index in [0.717, 1.165) is 6.42 Å². The number of carboxylic acid groups (broad SMARTS) is 1. The SMILES string of the molecule is CC(C)CC(C)C(S)C(=O)O. The normalized spacial score (nSPS) is 16.5. The van der Waals surface area contributed by atoms with Crippen molar-refractivity contribution in [2.45, 2.75) is 32.4 Å². The molecule has 0 heterocycles. The first-order valence-corrected chi connectivity index (χ1v) is 4.37. The molecule has 0 rings (SSSR count). The maximum atomic E-state index is 10.4. The van der Waals surface area contributed by atoms with Crippen molar-refractivity contribution in [1.29, 1.82) is 0 Å². The number of thiol groups is 1. The average Bonchev–Trinajstić information content (AvgIpc) is 1.84. The second-order valence-electron chi connectivity index (χ2n) is 3.39. The fraction of sp³-hybridized carbons (Fsp3) is 0.875. The molecule has 1 N–H and O–H groups in total. The van der Waals surface area contributed by atoms with Gasteiger partial charge in [0, 0.05) is 0 Å². The van der Waals surface area contributed by atoms with Gasteiger partial charge in [-0.2, -0.15) is 12.6 Å². The highest BCUT2D eigenvalue weighted by atomic mass is 32.1. The summed E-state index contributed by atoms with van der Waals surface area (Å²) in [6.45, 7) is 6.09. The molecule has 0 aliphatic heterocycles. The van der Waals surface area contributed by atoms with E-state index in [0.29, 0.717) is 5.92 Å². The fourth-order valence-corrected chi connectivity index (χ4v) is 1.24. The Labute approximate surface area is 73.4 Å². The van der Waals surface area contributed by atoms with E-state index in [-0.39, 0.29) is 5.92 Å². The van der Waals surface area contributed by atoms with Crippen molar-refractivity contribution in [3.63, 3.8) is 0 Å². The van der Waals surface area contributed by atoms with E-state index < -0.39 is 11.2 Å². The van der Waals surface area contributed by atoms with Gasteiger partial charge in [0.05, 0.1) is 0 Å². The second kappa shape index (κ2) is 4.65. The van der Waals surface area contributed by atoms with Gasteiger partial charge in [-0.25, -0.2) is 0 Å². The van der Waals surface area contributed by atoms with E-state index in [4.69, 9.17) is 5.11 Å². The van der Waals surface area contributed by atoms with Crippen molar-refractivity contribution in [3.05, 3.63) is 0 Å². The second-order valence-corrected chi connectivity index (χ2v) is 3.95. The first-order chi connectivity index (χ1) is 4.95. The predicted molar refractivity (Wildman–Crippen MR) is 49.0 cm³/mol. The zero-order chi connectivity index (χ0) is 9.02. The molecule has 0 saturated heterocycles. The molecule has 2 unspecified atom stereocenters. The van der Waals surface area contributed by atoms with Crippen LogP contribution in [0.4, 0.5) is 0 Å². The molecule has 0 spiro atoms. The molecular weight excluding hydrogens is 160 g/mol. The van der Waals surface area contributed by atoms with Gasteiger partial charge < -0.3 is 5.11 Å². The van der Waals surface area contributed by atoms with Crippen LogP contribution >= 0.6 is 12.6 Å². The molecular formula is C8H16O2S. The molecule has 3 heteroatoms. The Bertz CT molecular complexity index is 134. The van der Waals surface area contributed by atoms with E-state index in [2.05, 4.69) is 26.5 Å². The van der Waals surface area contributed by atoms with Gasteiger partial charge in [0.1, 0.15) is 5.25 Å². The van der Waals surface area contributed by atoms with Gasteiger partial charge in [-0.1, -0.05) is 20.8 Å². The largest absolute Gasteiger partial charge is 0.480 e. The summed E-state index contributed by atoms with van der Waals surface area (Å²) in [6, 6.07) is 0. The summed E-state index contributed by atoms with van der Waals surface area (Å²) in [7, 11) is 0. The predicted octanol–water partition coefficient (Wildman–Crippen LogP) is 2.05. The highest BCUT2D eigenvalue weighted by molar-refractivity contribution is 7.81. The van der Waals surface area contributed by atoms with E-state index >= 15 is 0 Å². The van der Waals surface area contributed by atoms with E-state index in [9.17, 15) is 4.79 Å². The lowest BCUT2D eigenvalue weighted by atomic mass is 9.96. The summed E-state index contributed by atoms with van der Waals surface area (Å²) in [5, 5.41) is 8.07. The monoisotopic (exact) mass is 176 g/mol. The lowest BCUT2D eigenvalue weighted by Gasteiger charge is -2.16. The Morgan fingerprint density at radius 2 is 1.91 bits per heavy atom. The molecule has 0 aromatic heterocycles. The minimum Gasteiger partial charge on any atom is -0.480 e. The van der Waals surface area contributed by atoms with Crippen LogP contribution in [0.5, 0.6) is 0 Å². The first kappa shape index (κ1) is 10.8. The Morgan fingerprint density at radius 1 is 1.45 bits per heavy atom. The zero-order valence-electron chi connectivity index (χ0n) is 7.24. The Morgan fingerprint density at radius 3 is 2.18 bits per heavy atom. The molecule has 0 fully saturated rings. The quantitative estimate of drug-likeness (QED) is 0.643. The maximum Gasteiger partial charge on any atom is 0.316 e. The summed E-state index contributed by atoms with van der Waals surface area (Å²) >= 11 is 3.99. The highest BCUT2D eigenvalue weighted by Crippen LogP contribution is 2.18. The molecule has 0 aromatic carbocycles. The van der Waals surface area contributed by atoms with E-state index in [1.165, 1.54) is 0 Å². The van der Waals surface area contributed by atoms with Gasteiger partial charge in [0.15, 0.2) is 0 Å². The van der Waals surface area contributed by atoms with Gasteiger partial charge in [-0.3, -0.25) is 4.79 Å². The Kier molecular flexibility index (Phi) is 4.57. The first-order valence-electron chi connectivity index (χ1n) is 3.86. The topological polar surface area (TPSA) is 37.3 Å². The number of hydrogen-bond acceptors (Lipinski definition) is 2. The molecule has 2 nitrogen and oxygen atoms in total. The van der Waals surface area contributed by atoms with Crippen LogP contribution in [0, 0.1) is 11.8 Å². The molecule has 0 aromatic rings. The van der Waals surface area contributed by atoms with Gasteiger partial charge >= 0.3 is 5.97 Å². The van der Waals surface area contributed by atoms with Crippen molar-refractivity contribution in [1.82, 2.24) is 0 Å². The third-order valence-electron chi connectivity index (χ3n) is 1.64. The van der Waals surface area contributed by atoms with Crippen molar-refractivity contribution < 1.29 is 9.90 Å². The third-order valence-corrected chi connectivity index (χ3v) is 2.37. The lowest BCUT2D eigenvalue weighted by Crippen LogP contribution is -2.23. The molecule has 0 saturated carbocycles.